The number of aliphatic hydroxyl groups is 7. The molecule has 9 heteroatoms. The first kappa shape index (κ1) is 22.4. The van der Waals surface area contributed by atoms with Crippen molar-refractivity contribution in [2.45, 2.75) is 75.2 Å². The lowest BCUT2D eigenvalue weighted by molar-refractivity contribution is -0.310. The summed E-state index contributed by atoms with van der Waals surface area (Å²) in [5, 5.41) is 67.6. The number of rotatable bonds is 9. The molecule has 1 fully saturated rings. The zero-order valence-electron chi connectivity index (χ0n) is 14.5. The molecule has 148 valence electrons. The fourth-order valence-electron chi connectivity index (χ4n) is 2.45. The molecule has 7 N–H and O–H groups in total. The molecule has 0 aromatic carbocycles. The fourth-order valence-corrected chi connectivity index (χ4v) is 2.45. The minimum atomic E-state index is -1.58. The molecule has 0 saturated carbocycles. The summed E-state index contributed by atoms with van der Waals surface area (Å²) >= 11 is 0. The number of ether oxygens (including phenoxy) is 2. The van der Waals surface area contributed by atoms with Gasteiger partial charge in [0, 0.05) is 0 Å². The van der Waals surface area contributed by atoms with Crippen LogP contribution < -0.4 is 0 Å². The fraction of sp³-hybridized carbons (Fsp3) is 0.875. The van der Waals surface area contributed by atoms with E-state index in [9.17, 15) is 30.6 Å². The van der Waals surface area contributed by atoms with Crippen LogP contribution in [0.15, 0.2) is 12.2 Å². The zero-order chi connectivity index (χ0) is 19.4. The molecule has 1 heterocycles. The van der Waals surface area contributed by atoms with Crippen LogP contribution in [-0.2, 0) is 9.47 Å². The van der Waals surface area contributed by atoms with Crippen LogP contribution in [0.3, 0.4) is 0 Å². The van der Waals surface area contributed by atoms with Gasteiger partial charge < -0.3 is 45.2 Å². The summed E-state index contributed by atoms with van der Waals surface area (Å²) in [6, 6.07) is 0. The van der Waals surface area contributed by atoms with E-state index in [0.29, 0.717) is 5.57 Å². The van der Waals surface area contributed by atoms with Gasteiger partial charge >= 0.3 is 0 Å². The third kappa shape index (κ3) is 5.95. The second kappa shape index (κ2) is 9.36. The van der Waals surface area contributed by atoms with Crippen molar-refractivity contribution in [2.24, 2.45) is 0 Å². The van der Waals surface area contributed by atoms with E-state index in [1.54, 1.807) is 0 Å². The van der Waals surface area contributed by atoms with E-state index in [1.165, 1.54) is 13.8 Å². The summed E-state index contributed by atoms with van der Waals surface area (Å²) in [7, 11) is 0. The molecule has 1 aliphatic rings. The first-order valence-corrected chi connectivity index (χ1v) is 8.17. The topological polar surface area (TPSA) is 160 Å². The summed E-state index contributed by atoms with van der Waals surface area (Å²) in [6.45, 7) is 5.62. The quantitative estimate of drug-likeness (QED) is 0.221. The lowest BCUT2D eigenvalue weighted by Crippen LogP contribution is -2.59. The van der Waals surface area contributed by atoms with Crippen molar-refractivity contribution in [3.63, 3.8) is 0 Å². The summed E-state index contributed by atoms with van der Waals surface area (Å²) < 4.78 is 10.7. The Hall–Kier alpha value is -0.620. The lowest BCUT2D eigenvalue weighted by atomic mass is 9.94. The van der Waals surface area contributed by atoms with Crippen LogP contribution in [0, 0.1) is 0 Å². The van der Waals surface area contributed by atoms with E-state index in [0.717, 1.165) is 0 Å². The van der Waals surface area contributed by atoms with Gasteiger partial charge in [0.2, 0.25) is 0 Å². The van der Waals surface area contributed by atoms with Gasteiger partial charge in [-0.3, -0.25) is 0 Å². The molecule has 9 nitrogen and oxygen atoms in total. The van der Waals surface area contributed by atoms with Crippen molar-refractivity contribution in [2.75, 3.05) is 13.2 Å². The third-order valence-electron chi connectivity index (χ3n) is 4.32. The third-order valence-corrected chi connectivity index (χ3v) is 4.32. The number of aliphatic hydroxyl groups excluding tert-OH is 6. The van der Waals surface area contributed by atoms with Crippen LogP contribution >= 0.6 is 0 Å². The van der Waals surface area contributed by atoms with Crippen molar-refractivity contribution >= 4 is 0 Å². The molecule has 1 aliphatic heterocycles. The Morgan fingerprint density at radius 1 is 1.16 bits per heavy atom. The van der Waals surface area contributed by atoms with Crippen LogP contribution in [-0.4, -0.2) is 97.5 Å². The van der Waals surface area contributed by atoms with E-state index in [4.69, 9.17) is 14.6 Å². The predicted octanol–water partition coefficient (Wildman–Crippen LogP) is -2.37. The molecule has 0 aromatic heterocycles. The van der Waals surface area contributed by atoms with Gasteiger partial charge in [-0.1, -0.05) is 6.58 Å². The molecule has 0 radical (unpaired) electrons. The molecule has 0 aromatic rings. The largest absolute Gasteiger partial charge is 0.394 e. The Balaban J connectivity index is 2.66. The molecule has 7 atom stereocenters. The molecule has 0 aliphatic carbocycles. The van der Waals surface area contributed by atoms with E-state index >= 15 is 0 Å². The molecule has 1 rings (SSSR count). The second-order valence-corrected chi connectivity index (χ2v) is 6.87. The highest BCUT2D eigenvalue weighted by Crippen LogP contribution is 2.25. The Morgan fingerprint density at radius 3 is 2.24 bits per heavy atom. The summed E-state index contributed by atoms with van der Waals surface area (Å²) in [6.07, 6.45) is -8.73. The molecular formula is C16H30O9. The van der Waals surface area contributed by atoms with Crippen molar-refractivity contribution in [3.05, 3.63) is 12.2 Å². The van der Waals surface area contributed by atoms with Gasteiger partial charge in [-0.05, 0) is 32.3 Å². The monoisotopic (exact) mass is 366 g/mol. The highest BCUT2D eigenvalue weighted by Gasteiger charge is 2.45. The first-order valence-electron chi connectivity index (χ1n) is 8.17. The molecule has 25 heavy (non-hydrogen) atoms. The van der Waals surface area contributed by atoms with Crippen LogP contribution in [0.1, 0.15) is 26.7 Å². The lowest BCUT2D eigenvalue weighted by Gasteiger charge is -2.41. The first-order chi connectivity index (χ1) is 11.5. The Kier molecular flexibility index (Phi) is 8.39. The van der Waals surface area contributed by atoms with Crippen LogP contribution in [0.2, 0.25) is 0 Å². The van der Waals surface area contributed by atoms with Crippen molar-refractivity contribution in [3.8, 4) is 0 Å². The smallest absolute Gasteiger partial charge is 0.187 e. The van der Waals surface area contributed by atoms with Crippen LogP contribution in [0.25, 0.3) is 0 Å². The van der Waals surface area contributed by atoms with Gasteiger partial charge in [-0.15, -0.1) is 0 Å². The molecule has 1 saturated heterocycles. The molecule has 1 unspecified atom stereocenters. The van der Waals surface area contributed by atoms with E-state index in [-0.39, 0.29) is 12.8 Å². The van der Waals surface area contributed by atoms with Crippen molar-refractivity contribution in [1.29, 1.82) is 0 Å². The van der Waals surface area contributed by atoms with Gasteiger partial charge in [0.1, 0.15) is 30.5 Å². The normalized spacial score (nSPS) is 33.1. The molecular weight excluding hydrogens is 336 g/mol. The summed E-state index contributed by atoms with van der Waals surface area (Å²) in [5.74, 6) is 0. The summed E-state index contributed by atoms with van der Waals surface area (Å²) in [5.41, 5.74) is -0.893. The van der Waals surface area contributed by atoms with E-state index in [2.05, 4.69) is 6.58 Å². The van der Waals surface area contributed by atoms with E-state index < -0.39 is 61.7 Å². The van der Waals surface area contributed by atoms with Gasteiger partial charge in [0.15, 0.2) is 6.29 Å². The zero-order valence-corrected chi connectivity index (χ0v) is 14.5. The van der Waals surface area contributed by atoms with Crippen LogP contribution in [0.4, 0.5) is 0 Å². The molecule has 0 bridgehead atoms. The summed E-state index contributed by atoms with van der Waals surface area (Å²) in [4.78, 5) is 0. The van der Waals surface area contributed by atoms with Gasteiger partial charge in [-0.25, -0.2) is 0 Å². The van der Waals surface area contributed by atoms with Gasteiger partial charge in [-0.2, -0.15) is 0 Å². The number of hydrogen-bond donors (Lipinski definition) is 7. The minimum absolute atomic E-state index is 0.177. The average molecular weight is 366 g/mol. The number of hydrogen-bond acceptors (Lipinski definition) is 9. The average Bonchev–Trinajstić information content (AvgIpc) is 2.55. The maximum atomic E-state index is 9.95. The Labute approximate surface area is 146 Å². The second-order valence-electron chi connectivity index (χ2n) is 6.87. The highest BCUT2D eigenvalue weighted by molar-refractivity contribution is 5.04. The standard InChI is InChI=1S/C16H30O9/c1-8(4-5-11(19)16(2,3)23)9(6-17)24-15-14(22)13(21)12(20)10(7-18)25-15/h9-15,17-23H,1,4-7H2,2-3H3/t9-,10+,11?,12+,13-,14+,15+/m0/s1. The highest BCUT2D eigenvalue weighted by atomic mass is 16.7. The van der Waals surface area contributed by atoms with Gasteiger partial charge in [0.25, 0.3) is 0 Å². The van der Waals surface area contributed by atoms with E-state index in [1.807, 2.05) is 0 Å². The maximum absolute atomic E-state index is 9.95. The van der Waals surface area contributed by atoms with Crippen molar-refractivity contribution in [1.82, 2.24) is 0 Å². The van der Waals surface area contributed by atoms with Crippen LogP contribution in [0.5, 0.6) is 0 Å². The Bertz CT molecular complexity index is 420. The SMILES string of the molecule is C=C(CCC(O)C(C)(C)O)[C@H](CO)O[C@@H]1O[C@H](CO)[C@@H](O)[C@H](O)[C@H]1O. The van der Waals surface area contributed by atoms with Gasteiger partial charge in [0.05, 0.1) is 24.9 Å². The molecule has 0 amide bonds. The predicted molar refractivity (Wildman–Crippen MR) is 86.4 cm³/mol. The molecule has 0 spiro atoms. The van der Waals surface area contributed by atoms with Crippen molar-refractivity contribution < 1.29 is 45.2 Å². The minimum Gasteiger partial charge on any atom is -0.394 e. The maximum Gasteiger partial charge on any atom is 0.187 e. The Morgan fingerprint density at radius 2 is 1.76 bits per heavy atom.